The number of amides is 1. The number of ether oxygens (including phenoxy) is 1. The van der Waals surface area contributed by atoms with Crippen molar-refractivity contribution in [2.24, 2.45) is 5.92 Å². The van der Waals surface area contributed by atoms with Crippen molar-refractivity contribution in [3.8, 4) is 5.75 Å². The van der Waals surface area contributed by atoms with Gasteiger partial charge in [0.1, 0.15) is 18.0 Å². The van der Waals surface area contributed by atoms with Crippen LogP contribution in [-0.4, -0.2) is 59.2 Å². The number of hydrogen-bond donors (Lipinski definition) is 1. The minimum atomic E-state index is -0.439. The van der Waals surface area contributed by atoms with Crippen LogP contribution in [-0.2, 0) is 11.3 Å². The number of carbonyl (C=O) groups is 1. The number of aliphatic hydroxyl groups is 1. The van der Waals surface area contributed by atoms with Gasteiger partial charge in [-0.1, -0.05) is 50.3 Å². The molecule has 31 heavy (non-hydrogen) atoms. The van der Waals surface area contributed by atoms with E-state index in [-0.39, 0.29) is 11.5 Å². The predicted molar refractivity (Wildman–Crippen MR) is 123 cm³/mol. The smallest absolute Gasteiger partial charge is 0.248 e. The lowest BCUT2D eigenvalue weighted by Crippen LogP contribution is -2.52. The summed E-state index contributed by atoms with van der Waals surface area (Å²) in [5, 5.41) is 9.48. The van der Waals surface area contributed by atoms with E-state index in [0.29, 0.717) is 19.1 Å². The Labute approximate surface area is 187 Å². The normalized spacial score (nSPS) is 27.8. The molecule has 0 saturated heterocycles. The van der Waals surface area contributed by atoms with Crippen molar-refractivity contribution in [2.45, 2.75) is 88.8 Å². The highest BCUT2D eigenvalue weighted by Gasteiger charge is 2.42. The van der Waals surface area contributed by atoms with E-state index in [1.165, 1.54) is 51.5 Å². The van der Waals surface area contributed by atoms with Crippen molar-refractivity contribution < 1.29 is 14.6 Å². The van der Waals surface area contributed by atoms with Crippen LogP contribution in [0.15, 0.2) is 24.3 Å². The van der Waals surface area contributed by atoms with Gasteiger partial charge in [-0.15, -0.1) is 0 Å². The Kier molecular flexibility index (Phi) is 7.55. The van der Waals surface area contributed by atoms with Crippen molar-refractivity contribution in [2.75, 3.05) is 26.7 Å². The van der Waals surface area contributed by atoms with Gasteiger partial charge in [0.05, 0.1) is 6.54 Å². The summed E-state index contributed by atoms with van der Waals surface area (Å²) in [6.45, 7) is 1.87. The van der Waals surface area contributed by atoms with E-state index in [9.17, 15) is 9.90 Å². The van der Waals surface area contributed by atoms with Crippen LogP contribution in [0.2, 0.25) is 0 Å². The first-order valence-corrected chi connectivity index (χ1v) is 12.4. The van der Waals surface area contributed by atoms with Crippen LogP contribution < -0.4 is 4.74 Å². The van der Waals surface area contributed by atoms with Crippen LogP contribution in [0.5, 0.6) is 5.75 Å². The zero-order chi connectivity index (χ0) is 21.7. The molecule has 1 amide bonds. The minimum Gasteiger partial charge on any atom is -0.485 e. The van der Waals surface area contributed by atoms with E-state index < -0.39 is 6.61 Å². The van der Waals surface area contributed by atoms with Crippen LogP contribution in [0.3, 0.4) is 0 Å². The highest BCUT2D eigenvalue weighted by Crippen LogP contribution is 2.39. The molecule has 172 valence electrons. The van der Waals surface area contributed by atoms with Gasteiger partial charge >= 0.3 is 0 Å². The molecule has 5 heteroatoms. The molecule has 1 aromatic rings. The molecule has 1 aromatic carbocycles. The molecule has 0 radical (unpaired) electrons. The SMILES string of the molecule is CN(CC1CCCCCCC1)C1CCC2(CC1)CN(C(=O)CO)Cc1ccccc1O2. The summed E-state index contributed by atoms with van der Waals surface area (Å²) in [5.41, 5.74) is 0.694. The Bertz CT molecular complexity index is 721. The molecule has 1 spiro atoms. The zero-order valence-corrected chi connectivity index (χ0v) is 19.2. The van der Waals surface area contributed by atoms with Gasteiger partial charge < -0.3 is 19.6 Å². The van der Waals surface area contributed by atoms with E-state index in [0.717, 1.165) is 42.9 Å². The molecule has 0 aromatic heterocycles. The van der Waals surface area contributed by atoms with Crippen LogP contribution in [0.25, 0.3) is 0 Å². The maximum absolute atomic E-state index is 12.4. The van der Waals surface area contributed by atoms with Crippen molar-refractivity contribution in [1.29, 1.82) is 0 Å². The molecular formula is C26H40N2O3. The van der Waals surface area contributed by atoms with Crippen molar-refractivity contribution in [3.05, 3.63) is 29.8 Å². The number of fused-ring (bicyclic) bond motifs is 1. The van der Waals surface area contributed by atoms with Crippen molar-refractivity contribution in [3.63, 3.8) is 0 Å². The second-order valence-electron chi connectivity index (χ2n) is 10.2. The van der Waals surface area contributed by atoms with E-state index in [4.69, 9.17) is 4.74 Å². The van der Waals surface area contributed by atoms with Crippen LogP contribution in [0, 0.1) is 5.92 Å². The average Bonchev–Trinajstić information content (AvgIpc) is 2.92. The highest BCUT2D eigenvalue weighted by atomic mass is 16.5. The minimum absolute atomic E-state index is 0.205. The standard InChI is InChI=1S/C26H40N2O3/c1-27(17-21-9-5-3-2-4-6-10-21)23-13-15-26(16-14-23)20-28(25(30)19-29)18-22-11-7-8-12-24(22)31-26/h7-8,11-12,21,23,29H,2-6,9-10,13-20H2,1H3. The molecule has 0 unspecified atom stereocenters. The lowest BCUT2D eigenvalue weighted by Gasteiger charge is -2.44. The van der Waals surface area contributed by atoms with Crippen molar-refractivity contribution >= 4 is 5.91 Å². The Morgan fingerprint density at radius 2 is 1.77 bits per heavy atom. The lowest BCUT2D eigenvalue weighted by molar-refractivity contribution is -0.138. The maximum atomic E-state index is 12.4. The molecule has 1 aliphatic heterocycles. The van der Waals surface area contributed by atoms with E-state index >= 15 is 0 Å². The lowest BCUT2D eigenvalue weighted by atomic mass is 9.80. The first kappa shape index (κ1) is 22.6. The van der Waals surface area contributed by atoms with Gasteiger partial charge in [-0.3, -0.25) is 4.79 Å². The molecular weight excluding hydrogens is 388 g/mol. The summed E-state index contributed by atoms with van der Waals surface area (Å²) in [4.78, 5) is 16.8. The van der Waals surface area contributed by atoms with Gasteiger partial charge in [0.25, 0.3) is 0 Å². The van der Waals surface area contributed by atoms with Gasteiger partial charge in [0.2, 0.25) is 5.91 Å². The average molecular weight is 429 g/mol. The van der Waals surface area contributed by atoms with Gasteiger partial charge in [-0.05, 0) is 57.6 Å². The summed E-state index contributed by atoms with van der Waals surface area (Å²) >= 11 is 0. The molecule has 2 saturated carbocycles. The third-order valence-corrected chi connectivity index (χ3v) is 7.89. The van der Waals surface area contributed by atoms with Gasteiger partial charge in [-0.2, -0.15) is 0 Å². The van der Waals surface area contributed by atoms with Gasteiger partial charge in [0.15, 0.2) is 0 Å². The number of benzene rings is 1. The first-order chi connectivity index (χ1) is 15.1. The maximum Gasteiger partial charge on any atom is 0.248 e. The zero-order valence-electron chi connectivity index (χ0n) is 19.2. The highest BCUT2D eigenvalue weighted by molar-refractivity contribution is 5.77. The number of nitrogens with zero attached hydrogens (tertiary/aromatic N) is 2. The second-order valence-corrected chi connectivity index (χ2v) is 10.2. The Hall–Kier alpha value is -1.59. The summed E-state index contributed by atoms with van der Waals surface area (Å²) < 4.78 is 6.62. The van der Waals surface area contributed by atoms with E-state index in [1.54, 1.807) is 4.90 Å². The van der Waals surface area contributed by atoms with E-state index in [1.807, 2.05) is 24.3 Å². The summed E-state index contributed by atoms with van der Waals surface area (Å²) in [7, 11) is 2.31. The fourth-order valence-electron chi connectivity index (χ4n) is 5.99. The third-order valence-electron chi connectivity index (χ3n) is 7.89. The first-order valence-electron chi connectivity index (χ1n) is 12.4. The molecule has 0 bridgehead atoms. The molecule has 1 heterocycles. The molecule has 2 aliphatic carbocycles. The number of hydrogen-bond acceptors (Lipinski definition) is 4. The molecule has 4 rings (SSSR count). The van der Waals surface area contributed by atoms with Crippen LogP contribution >= 0.6 is 0 Å². The molecule has 5 nitrogen and oxygen atoms in total. The third kappa shape index (κ3) is 5.61. The fourth-order valence-corrected chi connectivity index (χ4v) is 5.99. The van der Waals surface area contributed by atoms with Gasteiger partial charge in [-0.25, -0.2) is 0 Å². The molecule has 0 atom stereocenters. The van der Waals surface area contributed by atoms with Crippen LogP contribution in [0.4, 0.5) is 0 Å². The quantitative estimate of drug-likeness (QED) is 0.774. The summed E-state index contributed by atoms with van der Waals surface area (Å²) in [6, 6.07) is 8.64. The monoisotopic (exact) mass is 428 g/mol. The predicted octanol–water partition coefficient (Wildman–Crippen LogP) is 4.37. The van der Waals surface area contributed by atoms with Crippen molar-refractivity contribution in [1.82, 2.24) is 9.80 Å². The second kappa shape index (κ2) is 10.4. The largest absolute Gasteiger partial charge is 0.485 e. The van der Waals surface area contributed by atoms with E-state index in [2.05, 4.69) is 11.9 Å². The summed E-state index contributed by atoms with van der Waals surface area (Å²) in [6.07, 6.45) is 13.9. The Balaban J connectivity index is 1.40. The Morgan fingerprint density at radius 3 is 2.48 bits per heavy atom. The Morgan fingerprint density at radius 1 is 1.10 bits per heavy atom. The number of para-hydroxylation sites is 1. The fraction of sp³-hybridized carbons (Fsp3) is 0.731. The molecule has 2 fully saturated rings. The van der Waals surface area contributed by atoms with Gasteiger partial charge in [0, 0.05) is 24.7 Å². The number of rotatable bonds is 4. The number of carbonyl (C=O) groups excluding carboxylic acids is 1. The molecule has 1 N–H and O–H groups in total. The summed E-state index contributed by atoms with van der Waals surface area (Å²) in [5.74, 6) is 1.54. The molecule has 3 aliphatic rings. The topological polar surface area (TPSA) is 53.0 Å². The number of aliphatic hydroxyl groups excluding tert-OH is 1. The van der Waals surface area contributed by atoms with Crippen LogP contribution in [0.1, 0.15) is 76.2 Å².